The van der Waals surface area contributed by atoms with E-state index in [1.807, 2.05) is 30.3 Å². The van der Waals surface area contributed by atoms with E-state index in [0.717, 1.165) is 31.2 Å². The van der Waals surface area contributed by atoms with E-state index >= 15 is 0 Å². The Kier molecular flexibility index (Phi) is 4.03. The Balaban J connectivity index is 1.66. The molecule has 2 aliphatic carbocycles. The van der Waals surface area contributed by atoms with Gasteiger partial charge in [0, 0.05) is 6.54 Å². The standard InChI is InChI=1S/C18H25NO2/c20-16(21)18(19-14-15-6-2-1-3-7-15)12-10-17(11-13-18)8-4-5-9-17/h1-3,6-7,19H,4-5,8-14H2,(H,20,21). The number of carboxylic acid groups (broad SMARTS) is 1. The fraction of sp³-hybridized carbons (Fsp3) is 0.611. The molecular formula is C18H25NO2. The fourth-order valence-corrected chi connectivity index (χ4v) is 4.17. The third-order valence-corrected chi connectivity index (χ3v) is 5.71. The highest BCUT2D eigenvalue weighted by molar-refractivity contribution is 5.79. The van der Waals surface area contributed by atoms with Crippen LogP contribution in [0.2, 0.25) is 0 Å². The molecule has 0 aliphatic heterocycles. The molecule has 2 N–H and O–H groups in total. The van der Waals surface area contributed by atoms with Crippen LogP contribution in [0.3, 0.4) is 0 Å². The summed E-state index contributed by atoms with van der Waals surface area (Å²) >= 11 is 0. The van der Waals surface area contributed by atoms with Gasteiger partial charge in [-0.15, -0.1) is 0 Å². The lowest BCUT2D eigenvalue weighted by molar-refractivity contribution is -0.147. The van der Waals surface area contributed by atoms with E-state index in [2.05, 4.69) is 5.32 Å². The van der Waals surface area contributed by atoms with E-state index in [-0.39, 0.29) is 0 Å². The van der Waals surface area contributed by atoms with Gasteiger partial charge in [0.15, 0.2) is 0 Å². The van der Waals surface area contributed by atoms with Crippen molar-refractivity contribution < 1.29 is 9.90 Å². The first-order chi connectivity index (χ1) is 10.1. The minimum atomic E-state index is -0.719. The predicted molar refractivity (Wildman–Crippen MR) is 83.0 cm³/mol. The van der Waals surface area contributed by atoms with Crippen LogP contribution < -0.4 is 5.32 Å². The highest BCUT2D eigenvalue weighted by Gasteiger charge is 2.47. The van der Waals surface area contributed by atoms with Crippen molar-refractivity contribution in [2.24, 2.45) is 5.41 Å². The van der Waals surface area contributed by atoms with E-state index < -0.39 is 11.5 Å². The van der Waals surface area contributed by atoms with Gasteiger partial charge in [-0.2, -0.15) is 0 Å². The molecule has 0 bridgehead atoms. The second-order valence-corrected chi connectivity index (χ2v) is 6.93. The Bertz CT molecular complexity index is 481. The molecule has 2 aliphatic rings. The van der Waals surface area contributed by atoms with Crippen LogP contribution in [0.25, 0.3) is 0 Å². The highest BCUT2D eigenvalue weighted by atomic mass is 16.4. The summed E-state index contributed by atoms with van der Waals surface area (Å²) in [5.74, 6) is -0.675. The average Bonchev–Trinajstić information content (AvgIpc) is 2.96. The molecule has 0 atom stereocenters. The van der Waals surface area contributed by atoms with Gasteiger partial charge in [0.05, 0.1) is 0 Å². The van der Waals surface area contributed by atoms with E-state index in [9.17, 15) is 9.90 Å². The molecule has 0 saturated heterocycles. The normalized spacial score (nSPS) is 23.2. The summed E-state index contributed by atoms with van der Waals surface area (Å²) in [6.45, 7) is 0.639. The maximum absolute atomic E-state index is 11.8. The van der Waals surface area contributed by atoms with E-state index in [1.165, 1.54) is 25.7 Å². The summed E-state index contributed by atoms with van der Waals surface area (Å²) in [6, 6.07) is 10.1. The molecule has 3 nitrogen and oxygen atoms in total. The summed E-state index contributed by atoms with van der Waals surface area (Å²) in [7, 11) is 0. The van der Waals surface area contributed by atoms with Crippen molar-refractivity contribution in [1.82, 2.24) is 5.32 Å². The van der Waals surface area contributed by atoms with Crippen LogP contribution in [0, 0.1) is 5.41 Å². The van der Waals surface area contributed by atoms with Crippen molar-refractivity contribution in [2.75, 3.05) is 0 Å². The third-order valence-electron chi connectivity index (χ3n) is 5.71. The van der Waals surface area contributed by atoms with Crippen molar-refractivity contribution in [1.29, 1.82) is 0 Å². The largest absolute Gasteiger partial charge is 0.480 e. The summed E-state index contributed by atoms with van der Waals surface area (Å²) < 4.78 is 0. The van der Waals surface area contributed by atoms with E-state index in [0.29, 0.717) is 12.0 Å². The summed E-state index contributed by atoms with van der Waals surface area (Å²) in [6.07, 6.45) is 8.96. The summed E-state index contributed by atoms with van der Waals surface area (Å²) in [4.78, 5) is 11.8. The molecule has 3 heteroatoms. The smallest absolute Gasteiger partial charge is 0.323 e. The maximum Gasteiger partial charge on any atom is 0.323 e. The van der Waals surface area contributed by atoms with Crippen molar-refractivity contribution >= 4 is 5.97 Å². The van der Waals surface area contributed by atoms with Crippen LogP contribution in [0.5, 0.6) is 0 Å². The van der Waals surface area contributed by atoms with Gasteiger partial charge in [-0.3, -0.25) is 10.1 Å². The predicted octanol–water partition coefficient (Wildman–Crippen LogP) is 3.73. The minimum absolute atomic E-state index is 0.466. The first-order valence-corrected chi connectivity index (χ1v) is 8.17. The molecule has 2 fully saturated rings. The monoisotopic (exact) mass is 287 g/mol. The van der Waals surface area contributed by atoms with Gasteiger partial charge >= 0.3 is 5.97 Å². The zero-order chi connectivity index (χ0) is 14.8. The maximum atomic E-state index is 11.8. The second-order valence-electron chi connectivity index (χ2n) is 6.93. The number of carboxylic acids is 1. The van der Waals surface area contributed by atoms with Crippen LogP contribution in [0.4, 0.5) is 0 Å². The van der Waals surface area contributed by atoms with Gasteiger partial charge in [0.1, 0.15) is 5.54 Å². The molecule has 114 valence electrons. The molecule has 0 amide bonds. The number of nitrogens with one attached hydrogen (secondary N) is 1. The Morgan fingerprint density at radius 3 is 2.19 bits per heavy atom. The van der Waals surface area contributed by atoms with Gasteiger partial charge in [-0.25, -0.2) is 0 Å². The molecule has 1 aromatic carbocycles. The van der Waals surface area contributed by atoms with Crippen LogP contribution in [-0.4, -0.2) is 16.6 Å². The Morgan fingerprint density at radius 2 is 1.62 bits per heavy atom. The summed E-state index contributed by atoms with van der Waals surface area (Å²) in [5, 5.41) is 13.1. The first-order valence-electron chi connectivity index (χ1n) is 8.17. The quantitative estimate of drug-likeness (QED) is 0.887. The van der Waals surface area contributed by atoms with Crippen LogP contribution in [-0.2, 0) is 11.3 Å². The van der Waals surface area contributed by atoms with Gasteiger partial charge < -0.3 is 5.11 Å². The van der Waals surface area contributed by atoms with Gasteiger partial charge in [-0.1, -0.05) is 43.2 Å². The molecule has 0 radical (unpaired) electrons. The zero-order valence-corrected chi connectivity index (χ0v) is 12.6. The van der Waals surface area contributed by atoms with Gasteiger partial charge in [-0.05, 0) is 49.5 Å². The average molecular weight is 287 g/mol. The molecular weight excluding hydrogens is 262 g/mol. The molecule has 0 aromatic heterocycles. The van der Waals surface area contributed by atoms with Crippen molar-refractivity contribution in [3.8, 4) is 0 Å². The van der Waals surface area contributed by atoms with Crippen LogP contribution >= 0.6 is 0 Å². The lowest BCUT2D eigenvalue weighted by Crippen LogP contribution is -2.55. The molecule has 21 heavy (non-hydrogen) atoms. The number of hydrogen-bond acceptors (Lipinski definition) is 2. The minimum Gasteiger partial charge on any atom is -0.480 e. The second kappa shape index (κ2) is 5.80. The third kappa shape index (κ3) is 2.98. The van der Waals surface area contributed by atoms with Crippen molar-refractivity contribution in [2.45, 2.75) is 63.5 Å². The number of carbonyl (C=O) groups is 1. The number of aliphatic carboxylic acids is 1. The van der Waals surface area contributed by atoms with Gasteiger partial charge in [0.2, 0.25) is 0 Å². The van der Waals surface area contributed by atoms with Crippen LogP contribution in [0.15, 0.2) is 30.3 Å². The van der Waals surface area contributed by atoms with E-state index in [1.54, 1.807) is 0 Å². The van der Waals surface area contributed by atoms with Gasteiger partial charge in [0.25, 0.3) is 0 Å². The highest BCUT2D eigenvalue weighted by Crippen LogP contribution is 2.51. The molecule has 1 aromatic rings. The lowest BCUT2D eigenvalue weighted by Gasteiger charge is -2.43. The topological polar surface area (TPSA) is 49.3 Å². The molecule has 2 saturated carbocycles. The molecule has 1 spiro atoms. The van der Waals surface area contributed by atoms with E-state index in [4.69, 9.17) is 0 Å². The number of hydrogen-bond donors (Lipinski definition) is 2. The number of rotatable bonds is 4. The Hall–Kier alpha value is -1.35. The van der Waals surface area contributed by atoms with Crippen LogP contribution in [0.1, 0.15) is 56.9 Å². The summed E-state index contributed by atoms with van der Waals surface area (Å²) in [5.41, 5.74) is 0.899. The van der Waals surface area contributed by atoms with Crippen molar-refractivity contribution in [3.63, 3.8) is 0 Å². The Labute approximate surface area is 126 Å². The first kappa shape index (κ1) is 14.6. The van der Waals surface area contributed by atoms with Crippen molar-refractivity contribution in [3.05, 3.63) is 35.9 Å². The SMILES string of the molecule is O=C(O)C1(NCc2ccccc2)CCC2(CCCC2)CC1. The molecule has 0 unspecified atom stereocenters. The molecule has 3 rings (SSSR count). The fourth-order valence-electron chi connectivity index (χ4n) is 4.17. The lowest BCUT2D eigenvalue weighted by atomic mass is 9.66. The molecule has 0 heterocycles. The Morgan fingerprint density at radius 1 is 1.00 bits per heavy atom. The number of benzene rings is 1. The zero-order valence-electron chi connectivity index (χ0n) is 12.6.